The summed E-state index contributed by atoms with van der Waals surface area (Å²) in [6.45, 7) is 4.28. The van der Waals surface area contributed by atoms with E-state index < -0.39 is 11.6 Å². The second-order valence-electron chi connectivity index (χ2n) is 4.39. The van der Waals surface area contributed by atoms with Crippen LogP contribution in [0.3, 0.4) is 0 Å². The van der Waals surface area contributed by atoms with Crippen LogP contribution in [-0.2, 0) is 11.2 Å². The van der Waals surface area contributed by atoms with Gasteiger partial charge in [-0.25, -0.2) is 8.78 Å². The molecule has 1 N–H and O–H groups in total. The molecule has 0 saturated heterocycles. The van der Waals surface area contributed by atoms with Gasteiger partial charge in [0.2, 0.25) is 0 Å². The normalized spacial score (nSPS) is 12.7. The fraction of sp³-hybridized carbons (Fsp3) is 0.571. The Balaban J connectivity index is 2.49. The van der Waals surface area contributed by atoms with Crippen molar-refractivity contribution >= 4 is 0 Å². The van der Waals surface area contributed by atoms with Crippen molar-refractivity contribution in [2.24, 2.45) is 5.92 Å². The minimum atomic E-state index is -0.769. The fourth-order valence-corrected chi connectivity index (χ4v) is 1.86. The molecule has 0 aromatic heterocycles. The highest BCUT2D eigenvalue weighted by molar-refractivity contribution is 5.19. The average Bonchev–Trinajstić information content (AvgIpc) is 2.38. The summed E-state index contributed by atoms with van der Waals surface area (Å²) in [5.41, 5.74) is 0.454. The van der Waals surface area contributed by atoms with Gasteiger partial charge >= 0.3 is 0 Å². The predicted octanol–water partition coefficient (Wildman–Crippen LogP) is 2.77. The largest absolute Gasteiger partial charge is 0.383 e. The maximum atomic E-state index is 13.5. The van der Waals surface area contributed by atoms with Crippen LogP contribution in [0.1, 0.15) is 18.9 Å². The van der Waals surface area contributed by atoms with Gasteiger partial charge in [0.05, 0.1) is 6.61 Å². The molecule has 0 aliphatic carbocycles. The fourth-order valence-electron chi connectivity index (χ4n) is 1.86. The van der Waals surface area contributed by atoms with Crippen LogP contribution in [0, 0.1) is 17.6 Å². The summed E-state index contributed by atoms with van der Waals surface area (Å²) in [4.78, 5) is 0. The molecule has 1 atom stereocenters. The van der Waals surface area contributed by atoms with Gasteiger partial charge in [-0.1, -0.05) is 25.5 Å². The molecular formula is C14H21F2NO. The molecule has 0 aliphatic rings. The molecule has 1 aromatic rings. The SMILES string of the molecule is CCC(CNCCOC)Cc1cccc(F)c1F. The number of hydrogen-bond donors (Lipinski definition) is 1. The van der Waals surface area contributed by atoms with Crippen molar-refractivity contribution in [3.8, 4) is 0 Å². The Bertz CT molecular complexity index is 358. The molecule has 0 radical (unpaired) electrons. The van der Waals surface area contributed by atoms with Crippen LogP contribution in [-0.4, -0.2) is 26.8 Å². The van der Waals surface area contributed by atoms with E-state index >= 15 is 0 Å². The lowest BCUT2D eigenvalue weighted by molar-refractivity contribution is 0.197. The van der Waals surface area contributed by atoms with Gasteiger partial charge in [0.15, 0.2) is 11.6 Å². The van der Waals surface area contributed by atoms with Gasteiger partial charge in [-0.15, -0.1) is 0 Å². The van der Waals surface area contributed by atoms with Gasteiger partial charge in [-0.3, -0.25) is 0 Å². The first-order valence-electron chi connectivity index (χ1n) is 6.31. The van der Waals surface area contributed by atoms with E-state index in [0.29, 0.717) is 24.5 Å². The van der Waals surface area contributed by atoms with Crippen LogP contribution in [0.5, 0.6) is 0 Å². The molecule has 4 heteroatoms. The Labute approximate surface area is 107 Å². The van der Waals surface area contributed by atoms with Gasteiger partial charge in [-0.05, 0) is 30.5 Å². The summed E-state index contributed by atoms with van der Waals surface area (Å²) >= 11 is 0. The zero-order chi connectivity index (χ0) is 13.4. The van der Waals surface area contributed by atoms with E-state index in [-0.39, 0.29) is 0 Å². The summed E-state index contributed by atoms with van der Waals surface area (Å²) in [5.74, 6) is -1.18. The lowest BCUT2D eigenvalue weighted by atomic mass is 9.96. The second-order valence-corrected chi connectivity index (χ2v) is 4.39. The predicted molar refractivity (Wildman–Crippen MR) is 68.6 cm³/mol. The van der Waals surface area contributed by atoms with Crippen molar-refractivity contribution in [2.75, 3.05) is 26.8 Å². The van der Waals surface area contributed by atoms with Crippen LogP contribution in [0.25, 0.3) is 0 Å². The Morgan fingerprint density at radius 2 is 2.11 bits per heavy atom. The Hall–Kier alpha value is -1.00. The van der Waals surface area contributed by atoms with Crippen LogP contribution < -0.4 is 5.32 Å². The van der Waals surface area contributed by atoms with Crippen molar-refractivity contribution < 1.29 is 13.5 Å². The highest BCUT2D eigenvalue weighted by atomic mass is 19.2. The van der Waals surface area contributed by atoms with E-state index in [1.165, 1.54) is 0 Å². The molecule has 0 fully saturated rings. The lowest BCUT2D eigenvalue weighted by Crippen LogP contribution is -2.27. The summed E-state index contributed by atoms with van der Waals surface area (Å²) in [6, 6.07) is 4.35. The average molecular weight is 257 g/mol. The Kier molecular flexibility index (Phi) is 6.83. The third kappa shape index (κ3) is 4.70. The van der Waals surface area contributed by atoms with Gasteiger partial charge in [0.1, 0.15) is 0 Å². The van der Waals surface area contributed by atoms with Gasteiger partial charge in [-0.2, -0.15) is 0 Å². The monoisotopic (exact) mass is 257 g/mol. The molecule has 1 rings (SSSR count). The van der Waals surface area contributed by atoms with Crippen molar-refractivity contribution in [3.05, 3.63) is 35.4 Å². The number of benzene rings is 1. The quantitative estimate of drug-likeness (QED) is 0.723. The topological polar surface area (TPSA) is 21.3 Å². The molecule has 0 saturated carbocycles. The van der Waals surface area contributed by atoms with Crippen LogP contribution in [0.15, 0.2) is 18.2 Å². The summed E-state index contributed by atoms with van der Waals surface area (Å²) in [5, 5.41) is 3.25. The van der Waals surface area contributed by atoms with Crippen LogP contribution in [0.4, 0.5) is 8.78 Å². The maximum Gasteiger partial charge on any atom is 0.162 e. The number of methoxy groups -OCH3 is 1. The summed E-state index contributed by atoms with van der Waals surface area (Å²) in [7, 11) is 1.65. The second kappa shape index (κ2) is 8.16. The smallest absolute Gasteiger partial charge is 0.162 e. The minimum Gasteiger partial charge on any atom is -0.383 e. The minimum absolute atomic E-state index is 0.304. The Morgan fingerprint density at radius 3 is 2.78 bits per heavy atom. The van der Waals surface area contributed by atoms with Crippen molar-refractivity contribution in [1.29, 1.82) is 0 Å². The van der Waals surface area contributed by atoms with Crippen molar-refractivity contribution in [2.45, 2.75) is 19.8 Å². The van der Waals surface area contributed by atoms with E-state index in [9.17, 15) is 8.78 Å². The summed E-state index contributed by atoms with van der Waals surface area (Å²) < 4.78 is 31.5. The van der Waals surface area contributed by atoms with E-state index in [1.54, 1.807) is 19.2 Å². The molecule has 1 aromatic carbocycles. The molecule has 0 spiro atoms. The molecule has 0 aliphatic heterocycles. The number of hydrogen-bond acceptors (Lipinski definition) is 2. The van der Waals surface area contributed by atoms with Gasteiger partial charge < -0.3 is 10.1 Å². The van der Waals surface area contributed by atoms with Crippen molar-refractivity contribution in [1.82, 2.24) is 5.32 Å². The molecule has 0 heterocycles. The Morgan fingerprint density at radius 1 is 1.33 bits per heavy atom. The third-order valence-electron chi connectivity index (χ3n) is 3.03. The first-order chi connectivity index (χ1) is 8.69. The number of halogens is 2. The van der Waals surface area contributed by atoms with Gasteiger partial charge in [0, 0.05) is 13.7 Å². The molecule has 0 amide bonds. The highest BCUT2D eigenvalue weighted by Crippen LogP contribution is 2.17. The highest BCUT2D eigenvalue weighted by Gasteiger charge is 2.13. The first kappa shape index (κ1) is 15.1. The molecular weight excluding hydrogens is 236 g/mol. The van der Waals surface area contributed by atoms with E-state index in [4.69, 9.17) is 4.74 Å². The van der Waals surface area contributed by atoms with E-state index in [1.807, 2.05) is 0 Å². The van der Waals surface area contributed by atoms with Gasteiger partial charge in [0.25, 0.3) is 0 Å². The zero-order valence-corrected chi connectivity index (χ0v) is 11.0. The number of rotatable bonds is 8. The standard InChI is InChI=1S/C14H21F2NO/c1-3-11(10-17-7-8-18-2)9-12-5-4-6-13(15)14(12)16/h4-6,11,17H,3,7-10H2,1-2H3. The summed E-state index contributed by atoms with van der Waals surface area (Å²) in [6.07, 6.45) is 1.48. The molecule has 0 bridgehead atoms. The first-order valence-corrected chi connectivity index (χ1v) is 6.31. The van der Waals surface area contributed by atoms with E-state index in [2.05, 4.69) is 12.2 Å². The number of nitrogens with one attached hydrogen (secondary N) is 1. The molecule has 18 heavy (non-hydrogen) atoms. The zero-order valence-electron chi connectivity index (χ0n) is 11.0. The van der Waals surface area contributed by atoms with Crippen LogP contribution >= 0.6 is 0 Å². The van der Waals surface area contributed by atoms with Crippen molar-refractivity contribution in [3.63, 3.8) is 0 Å². The third-order valence-corrected chi connectivity index (χ3v) is 3.03. The van der Waals surface area contributed by atoms with E-state index in [0.717, 1.165) is 25.6 Å². The molecule has 2 nitrogen and oxygen atoms in total. The maximum absolute atomic E-state index is 13.5. The number of ether oxygens (including phenoxy) is 1. The van der Waals surface area contributed by atoms with Crippen LogP contribution in [0.2, 0.25) is 0 Å². The molecule has 102 valence electrons. The molecule has 1 unspecified atom stereocenters. The lowest BCUT2D eigenvalue weighted by Gasteiger charge is -2.16.